The summed E-state index contributed by atoms with van der Waals surface area (Å²) in [6.07, 6.45) is 1.65. The van der Waals surface area contributed by atoms with Gasteiger partial charge in [0.05, 0.1) is 12.8 Å². The number of furan rings is 1. The lowest BCUT2D eigenvalue weighted by molar-refractivity contribution is 0.490. The van der Waals surface area contributed by atoms with Crippen LogP contribution in [-0.2, 0) is 6.54 Å². The van der Waals surface area contributed by atoms with Crippen molar-refractivity contribution in [3.8, 4) is 0 Å². The molecule has 1 heterocycles. The average molecular weight is 172 g/mol. The maximum absolute atomic E-state index is 5.53. The van der Waals surface area contributed by atoms with E-state index >= 15 is 0 Å². The number of halogens is 1. The summed E-state index contributed by atoms with van der Waals surface area (Å²) >= 11 is 5.53. The molecule has 1 rings (SSSR count). The summed E-state index contributed by atoms with van der Waals surface area (Å²) in [7, 11) is 0. The lowest BCUT2D eigenvalue weighted by Crippen LogP contribution is -2.13. The van der Waals surface area contributed by atoms with Gasteiger partial charge in [-0.1, -0.05) is 18.2 Å². The molecule has 0 aliphatic heterocycles. The molecule has 0 aliphatic carbocycles. The fourth-order valence-corrected chi connectivity index (χ4v) is 0.829. The van der Waals surface area contributed by atoms with Gasteiger partial charge < -0.3 is 9.73 Å². The average Bonchev–Trinajstić information content (AvgIpc) is 2.39. The quantitative estimate of drug-likeness (QED) is 0.751. The van der Waals surface area contributed by atoms with Gasteiger partial charge in [0.15, 0.2) is 0 Å². The molecule has 1 aromatic rings. The van der Waals surface area contributed by atoms with Gasteiger partial charge in [-0.3, -0.25) is 0 Å². The minimum Gasteiger partial charge on any atom is -0.468 e. The highest BCUT2D eigenvalue weighted by Gasteiger charge is 1.93. The molecule has 0 saturated carbocycles. The molecule has 0 amide bonds. The van der Waals surface area contributed by atoms with Gasteiger partial charge in [0.1, 0.15) is 5.76 Å². The highest BCUT2D eigenvalue weighted by molar-refractivity contribution is 6.29. The number of nitrogens with one attached hydrogen (secondary N) is 1. The second-order valence-corrected chi connectivity index (χ2v) is 2.73. The van der Waals surface area contributed by atoms with Crippen LogP contribution in [0.5, 0.6) is 0 Å². The summed E-state index contributed by atoms with van der Waals surface area (Å²) in [6, 6.07) is 3.76. The van der Waals surface area contributed by atoms with Gasteiger partial charge in [0.25, 0.3) is 0 Å². The van der Waals surface area contributed by atoms with E-state index in [0.29, 0.717) is 18.1 Å². The Kier molecular flexibility index (Phi) is 3.20. The standard InChI is InChI=1S/C8H10ClNO/c1-7(9)5-10-6-8-3-2-4-11-8/h2-4,10H,1,5-6H2. The Hall–Kier alpha value is -0.730. The molecule has 60 valence electrons. The summed E-state index contributed by atoms with van der Waals surface area (Å²) in [5.74, 6) is 0.905. The first-order valence-corrected chi connectivity index (χ1v) is 3.73. The normalized spacial score (nSPS) is 9.91. The van der Waals surface area contributed by atoms with Gasteiger partial charge in [-0.05, 0) is 12.1 Å². The van der Waals surface area contributed by atoms with Crippen LogP contribution in [0.25, 0.3) is 0 Å². The molecular weight excluding hydrogens is 162 g/mol. The van der Waals surface area contributed by atoms with E-state index in [0.717, 1.165) is 5.76 Å². The molecule has 0 fully saturated rings. The third kappa shape index (κ3) is 3.25. The lowest BCUT2D eigenvalue weighted by Gasteiger charge is -1.98. The van der Waals surface area contributed by atoms with Crippen molar-refractivity contribution >= 4 is 11.6 Å². The summed E-state index contributed by atoms with van der Waals surface area (Å²) < 4.78 is 5.08. The minimum absolute atomic E-state index is 0.608. The molecule has 11 heavy (non-hydrogen) atoms. The molecule has 0 atom stereocenters. The van der Waals surface area contributed by atoms with E-state index in [2.05, 4.69) is 11.9 Å². The monoisotopic (exact) mass is 171 g/mol. The Morgan fingerprint density at radius 3 is 3.09 bits per heavy atom. The van der Waals surface area contributed by atoms with Crippen molar-refractivity contribution in [3.05, 3.63) is 35.8 Å². The van der Waals surface area contributed by atoms with Crippen LogP contribution in [0.3, 0.4) is 0 Å². The Morgan fingerprint density at radius 1 is 1.73 bits per heavy atom. The van der Waals surface area contributed by atoms with E-state index in [4.69, 9.17) is 16.0 Å². The Morgan fingerprint density at radius 2 is 2.55 bits per heavy atom. The van der Waals surface area contributed by atoms with Gasteiger partial charge in [0, 0.05) is 11.6 Å². The predicted molar refractivity (Wildman–Crippen MR) is 45.4 cm³/mol. The molecule has 0 saturated heterocycles. The topological polar surface area (TPSA) is 25.2 Å². The van der Waals surface area contributed by atoms with E-state index in [1.165, 1.54) is 0 Å². The summed E-state index contributed by atoms with van der Waals surface area (Å²) in [5.41, 5.74) is 0. The first kappa shape index (κ1) is 8.37. The van der Waals surface area contributed by atoms with Gasteiger partial charge in [-0.15, -0.1) is 0 Å². The van der Waals surface area contributed by atoms with Gasteiger partial charge >= 0.3 is 0 Å². The highest BCUT2D eigenvalue weighted by Crippen LogP contribution is 1.99. The molecule has 0 aliphatic rings. The zero-order valence-electron chi connectivity index (χ0n) is 6.14. The van der Waals surface area contributed by atoms with Crippen molar-refractivity contribution in [1.29, 1.82) is 0 Å². The second kappa shape index (κ2) is 4.21. The number of rotatable bonds is 4. The van der Waals surface area contributed by atoms with Crippen molar-refractivity contribution in [1.82, 2.24) is 5.32 Å². The Balaban J connectivity index is 2.19. The maximum Gasteiger partial charge on any atom is 0.117 e. The second-order valence-electron chi connectivity index (χ2n) is 2.20. The van der Waals surface area contributed by atoms with Crippen LogP contribution in [0.1, 0.15) is 5.76 Å². The zero-order valence-corrected chi connectivity index (χ0v) is 6.90. The van der Waals surface area contributed by atoms with Gasteiger partial charge in [-0.25, -0.2) is 0 Å². The van der Waals surface area contributed by atoms with E-state index in [9.17, 15) is 0 Å². The molecule has 1 aromatic heterocycles. The molecule has 0 radical (unpaired) electrons. The summed E-state index contributed by atoms with van der Waals surface area (Å²) in [6.45, 7) is 4.85. The molecule has 1 N–H and O–H groups in total. The van der Waals surface area contributed by atoms with Gasteiger partial charge in [0.2, 0.25) is 0 Å². The van der Waals surface area contributed by atoms with Crippen molar-refractivity contribution in [2.24, 2.45) is 0 Å². The number of hydrogen-bond acceptors (Lipinski definition) is 2. The number of hydrogen-bond donors (Lipinski definition) is 1. The van der Waals surface area contributed by atoms with E-state index < -0.39 is 0 Å². The fourth-order valence-electron chi connectivity index (χ4n) is 0.734. The summed E-state index contributed by atoms with van der Waals surface area (Å²) in [5, 5.41) is 3.67. The molecule has 3 heteroatoms. The predicted octanol–water partition coefficient (Wildman–Crippen LogP) is 2.12. The molecule has 2 nitrogen and oxygen atoms in total. The largest absolute Gasteiger partial charge is 0.468 e. The fraction of sp³-hybridized carbons (Fsp3) is 0.250. The molecule has 0 unspecified atom stereocenters. The van der Waals surface area contributed by atoms with E-state index in [1.54, 1.807) is 6.26 Å². The molecular formula is C8H10ClNO. The Labute approximate surface area is 70.8 Å². The van der Waals surface area contributed by atoms with Crippen molar-refractivity contribution < 1.29 is 4.42 Å². The molecule has 0 bridgehead atoms. The molecule has 0 aromatic carbocycles. The van der Waals surface area contributed by atoms with Crippen LogP contribution < -0.4 is 5.32 Å². The van der Waals surface area contributed by atoms with Crippen LogP contribution in [0.4, 0.5) is 0 Å². The Bertz CT molecular complexity index is 218. The third-order valence-electron chi connectivity index (χ3n) is 1.20. The first-order valence-electron chi connectivity index (χ1n) is 3.35. The maximum atomic E-state index is 5.53. The van der Waals surface area contributed by atoms with Crippen LogP contribution in [-0.4, -0.2) is 6.54 Å². The van der Waals surface area contributed by atoms with Crippen LogP contribution in [0.2, 0.25) is 0 Å². The van der Waals surface area contributed by atoms with Crippen molar-refractivity contribution in [2.45, 2.75) is 6.54 Å². The van der Waals surface area contributed by atoms with Crippen LogP contribution in [0.15, 0.2) is 34.4 Å². The van der Waals surface area contributed by atoms with Crippen LogP contribution >= 0.6 is 11.6 Å². The van der Waals surface area contributed by atoms with Gasteiger partial charge in [-0.2, -0.15) is 0 Å². The highest BCUT2D eigenvalue weighted by atomic mass is 35.5. The van der Waals surface area contributed by atoms with E-state index in [1.807, 2.05) is 12.1 Å². The minimum atomic E-state index is 0.608. The van der Waals surface area contributed by atoms with Crippen molar-refractivity contribution in [2.75, 3.05) is 6.54 Å². The van der Waals surface area contributed by atoms with Crippen molar-refractivity contribution in [3.63, 3.8) is 0 Å². The molecule has 0 spiro atoms. The first-order chi connectivity index (χ1) is 5.29. The summed E-state index contributed by atoms with van der Waals surface area (Å²) in [4.78, 5) is 0. The smallest absolute Gasteiger partial charge is 0.117 e. The van der Waals surface area contributed by atoms with Crippen LogP contribution in [0, 0.1) is 0 Å². The van der Waals surface area contributed by atoms with E-state index in [-0.39, 0.29) is 0 Å². The third-order valence-corrected chi connectivity index (χ3v) is 1.33. The lowest BCUT2D eigenvalue weighted by atomic mass is 10.4. The zero-order chi connectivity index (χ0) is 8.10. The SMILES string of the molecule is C=C(Cl)CNCc1ccco1.